The van der Waals surface area contributed by atoms with E-state index >= 15 is 0 Å². The number of aryl methyl sites for hydroxylation is 1. The summed E-state index contributed by atoms with van der Waals surface area (Å²) in [5.74, 6) is 0.699. The molecule has 0 bridgehead atoms. The Morgan fingerprint density at radius 1 is 1.21 bits per heavy atom. The molecular formula is C19H20N2O2S. The molecule has 0 aliphatic rings. The summed E-state index contributed by atoms with van der Waals surface area (Å²) in [6, 6.07) is 13.3. The van der Waals surface area contributed by atoms with Crippen LogP contribution in [-0.4, -0.2) is 17.5 Å². The number of nitrogens with zero attached hydrogens (tertiary/aromatic N) is 1. The summed E-state index contributed by atoms with van der Waals surface area (Å²) in [7, 11) is 0. The summed E-state index contributed by atoms with van der Waals surface area (Å²) >= 11 is 1.45. The molecule has 3 rings (SSSR count). The van der Waals surface area contributed by atoms with Gasteiger partial charge in [0.15, 0.2) is 5.13 Å². The number of fused-ring (bicyclic) bond motifs is 1. The molecule has 24 heavy (non-hydrogen) atoms. The average molecular weight is 340 g/mol. The summed E-state index contributed by atoms with van der Waals surface area (Å²) in [6.45, 7) is 4.85. The van der Waals surface area contributed by atoms with Gasteiger partial charge in [0.05, 0.1) is 16.8 Å². The SMILES string of the molecule is CCCCOc1ccc2nc(NC(=O)c3ccc(C)cc3)sc2c1. The second-order valence-electron chi connectivity index (χ2n) is 5.67. The minimum Gasteiger partial charge on any atom is -0.494 e. The molecule has 1 aromatic heterocycles. The van der Waals surface area contributed by atoms with Crippen molar-refractivity contribution in [3.8, 4) is 5.75 Å². The van der Waals surface area contributed by atoms with Gasteiger partial charge in [0, 0.05) is 5.56 Å². The third-order valence-electron chi connectivity index (χ3n) is 3.66. The van der Waals surface area contributed by atoms with Crippen molar-refractivity contribution in [1.82, 2.24) is 4.98 Å². The molecule has 5 heteroatoms. The fraction of sp³-hybridized carbons (Fsp3) is 0.263. The van der Waals surface area contributed by atoms with Crippen molar-refractivity contribution in [2.24, 2.45) is 0 Å². The Hall–Kier alpha value is -2.40. The van der Waals surface area contributed by atoms with Gasteiger partial charge in [-0.15, -0.1) is 0 Å². The number of hydrogen-bond acceptors (Lipinski definition) is 4. The molecule has 0 atom stereocenters. The third-order valence-corrected chi connectivity index (χ3v) is 4.59. The fourth-order valence-corrected chi connectivity index (χ4v) is 3.15. The number of aromatic nitrogens is 1. The number of ether oxygens (including phenoxy) is 1. The molecule has 0 aliphatic carbocycles. The van der Waals surface area contributed by atoms with Crippen LogP contribution in [-0.2, 0) is 0 Å². The maximum absolute atomic E-state index is 12.3. The molecule has 0 aliphatic heterocycles. The summed E-state index contributed by atoms with van der Waals surface area (Å²) in [6.07, 6.45) is 2.15. The zero-order chi connectivity index (χ0) is 16.9. The van der Waals surface area contributed by atoms with Crippen LogP contribution >= 0.6 is 11.3 Å². The highest BCUT2D eigenvalue weighted by Crippen LogP contribution is 2.29. The molecule has 0 saturated carbocycles. The largest absolute Gasteiger partial charge is 0.494 e. The molecule has 2 aromatic carbocycles. The van der Waals surface area contributed by atoms with Gasteiger partial charge < -0.3 is 4.74 Å². The van der Waals surface area contributed by atoms with E-state index in [-0.39, 0.29) is 5.91 Å². The normalized spacial score (nSPS) is 10.8. The quantitative estimate of drug-likeness (QED) is 0.640. The van der Waals surface area contributed by atoms with Crippen molar-refractivity contribution in [1.29, 1.82) is 0 Å². The van der Waals surface area contributed by atoms with Crippen molar-refractivity contribution >= 4 is 32.6 Å². The first-order chi connectivity index (χ1) is 11.7. The number of hydrogen-bond donors (Lipinski definition) is 1. The van der Waals surface area contributed by atoms with E-state index in [2.05, 4.69) is 17.2 Å². The first kappa shape index (κ1) is 16.5. The minimum atomic E-state index is -0.145. The zero-order valence-electron chi connectivity index (χ0n) is 13.8. The molecule has 0 unspecified atom stereocenters. The Balaban J connectivity index is 1.73. The summed E-state index contributed by atoms with van der Waals surface area (Å²) in [4.78, 5) is 16.7. The van der Waals surface area contributed by atoms with Crippen molar-refractivity contribution < 1.29 is 9.53 Å². The van der Waals surface area contributed by atoms with Crippen LogP contribution in [0.1, 0.15) is 35.7 Å². The topological polar surface area (TPSA) is 51.2 Å². The van der Waals surface area contributed by atoms with Crippen molar-refractivity contribution in [3.63, 3.8) is 0 Å². The second kappa shape index (κ2) is 7.45. The number of rotatable bonds is 6. The van der Waals surface area contributed by atoms with E-state index in [0.29, 0.717) is 10.7 Å². The average Bonchev–Trinajstić information content (AvgIpc) is 2.97. The molecule has 1 N–H and O–H groups in total. The summed E-state index contributed by atoms with van der Waals surface area (Å²) in [5.41, 5.74) is 2.62. The van der Waals surface area contributed by atoms with Gasteiger partial charge in [-0.25, -0.2) is 4.98 Å². The summed E-state index contributed by atoms with van der Waals surface area (Å²) < 4.78 is 6.72. The van der Waals surface area contributed by atoms with Crippen LogP contribution in [0.5, 0.6) is 5.75 Å². The smallest absolute Gasteiger partial charge is 0.257 e. The number of anilines is 1. The first-order valence-electron chi connectivity index (χ1n) is 8.07. The molecular weight excluding hydrogens is 320 g/mol. The monoisotopic (exact) mass is 340 g/mol. The predicted molar refractivity (Wildman–Crippen MR) is 99.2 cm³/mol. The van der Waals surface area contributed by atoms with Crippen LogP contribution in [0.25, 0.3) is 10.2 Å². The van der Waals surface area contributed by atoms with E-state index in [4.69, 9.17) is 4.74 Å². The molecule has 0 spiro atoms. The van der Waals surface area contributed by atoms with Crippen LogP contribution < -0.4 is 10.1 Å². The van der Waals surface area contributed by atoms with Crippen LogP contribution in [0.2, 0.25) is 0 Å². The predicted octanol–water partition coefficient (Wildman–Crippen LogP) is 5.04. The Morgan fingerprint density at radius 2 is 2.00 bits per heavy atom. The standard InChI is InChI=1S/C19H20N2O2S/c1-3-4-11-23-15-9-10-16-17(12-15)24-19(20-16)21-18(22)14-7-5-13(2)6-8-14/h5-10,12H,3-4,11H2,1-2H3,(H,20,21,22). The third kappa shape index (κ3) is 3.92. The number of nitrogens with one attached hydrogen (secondary N) is 1. The second-order valence-corrected chi connectivity index (χ2v) is 6.70. The van der Waals surface area contributed by atoms with Gasteiger partial charge in [-0.2, -0.15) is 0 Å². The van der Waals surface area contributed by atoms with Gasteiger partial charge in [0.2, 0.25) is 0 Å². The maximum atomic E-state index is 12.3. The van der Waals surface area contributed by atoms with Gasteiger partial charge >= 0.3 is 0 Å². The highest BCUT2D eigenvalue weighted by atomic mass is 32.1. The number of thiazole rings is 1. The van der Waals surface area contributed by atoms with E-state index in [1.807, 2.05) is 49.4 Å². The molecule has 1 heterocycles. The van der Waals surface area contributed by atoms with Crippen LogP contribution in [0.3, 0.4) is 0 Å². The Morgan fingerprint density at radius 3 is 2.75 bits per heavy atom. The zero-order valence-corrected chi connectivity index (χ0v) is 14.7. The number of carbonyl (C=O) groups is 1. The fourth-order valence-electron chi connectivity index (χ4n) is 2.26. The van der Waals surface area contributed by atoms with E-state index in [1.54, 1.807) is 0 Å². The van der Waals surface area contributed by atoms with Gasteiger partial charge in [0.1, 0.15) is 5.75 Å². The van der Waals surface area contributed by atoms with Crippen molar-refractivity contribution in [2.45, 2.75) is 26.7 Å². The van der Waals surface area contributed by atoms with Crippen LogP contribution in [0.4, 0.5) is 5.13 Å². The Bertz CT molecular complexity index is 840. The highest BCUT2D eigenvalue weighted by Gasteiger charge is 2.10. The van der Waals surface area contributed by atoms with Gasteiger partial charge in [-0.3, -0.25) is 10.1 Å². The van der Waals surface area contributed by atoms with Crippen molar-refractivity contribution in [2.75, 3.05) is 11.9 Å². The van der Waals surface area contributed by atoms with Crippen molar-refractivity contribution in [3.05, 3.63) is 53.6 Å². The van der Waals surface area contributed by atoms with E-state index < -0.39 is 0 Å². The molecule has 124 valence electrons. The van der Waals surface area contributed by atoms with E-state index in [0.717, 1.165) is 41.0 Å². The molecule has 1 amide bonds. The maximum Gasteiger partial charge on any atom is 0.257 e. The number of carbonyl (C=O) groups excluding carboxylic acids is 1. The molecule has 0 fully saturated rings. The lowest BCUT2D eigenvalue weighted by Gasteiger charge is -2.04. The number of benzene rings is 2. The van der Waals surface area contributed by atoms with E-state index in [9.17, 15) is 4.79 Å². The lowest BCUT2D eigenvalue weighted by molar-refractivity contribution is 0.102. The van der Waals surface area contributed by atoms with Gasteiger partial charge in [-0.05, 0) is 43.7 Å². The molecule has 0 radical (unpaired) electrons. The van der Waals surface area contributed by atoms with Crippen LogP contribution in [0, 0.1) is 6.92 Å². The van der Waals surface area contributed by atoms with Crippen LogP contribution in [0.15, 0.2) is 42.5 Å². The number of amides is 1. The Kier molecular flexibility index (Phi) is 5.11. The van der Waals surface area contributed by atoms with Gasteiger partial charge in [-0.1, -0.05) is 42.4 Å². The van der Waals surface area contributed by atoms with Gasteiger partial charge in [0.25, 0.3) is 5.91 Å². The summed E-state index contributed by atoms with van der Waals surface area (Å²) in [5, 5.41) is 3.46. The number of unbranched alkanes of at least 4 members (excludes halogenated alkanes) is 1. The lowest BCUT2D eigenvalue weighted by atomic mass is 10.1. The molecule has 0 saturated heterocycles. The Labute approximate surface area is 145 Å². The molecule has 3 aromatic rings. The first-order valence-corrected chi connectivity index (χ1v) is 8.89. The molecule has 4 nitrogen and oxygen atoms in total. The lowest BCUT2D eigenvalue weighted by Crippen LogP contribution is -2.11. The highest BCUT2D eigenvalue weighted by molar-refractivity contribution is 7.22. The van der Waals surface area contributed by atoms with E-state index in [1.165, 1.54) is 11.3 Å². The minimum absolute atomic E-state index is 0.145.